The number of nitrogens with zero attached hydrogens (tertiary/aromatic N) is 1. The number of halogens is 1. The van der Waals surface area contributed by atoms with E-state index >= 15 is 0 Å². The number of hydrogen-bond acceptors (Lipinski definition) is 4. The Kier molecular flexibility index (Phi) is 4.21. The van der Waals surface area contributed by atoms with Gasteiger partial charge < -0.3 is 9.84 Å². The Hall–Kier alpha value is -2.43. The van der Waals surface area contributed by atoms with Gasteiger partial charge in [0, 0.05) is 29.3 Å². The van der Waals surface area contributed by atoms with Crippen LogP contribution >= 0.6 is 0 Å². The van der Waals surface area contributed by atoms with Gasteiger partial charge in [0.1, 0.15) is 11.6 Å². The molecule has 0 atom stereocenters. The molecule has 0 saturated carbocycles. The molecule has 110 valence electrons. The van der Waals surface area contributed by atoms with Gasteiger partial charge in [0.15, 0.2) is 11.6 Å². The summed E-state index contributed by atoms with van der Waals surface area (Å²) in [6.07, 6.45) is 2.84. The van der Waals surface area contributed by atoms with Crippen molar-refractivity contribution >= 4 is 11.6 Å². The van der Waals surface area contributed by atoms with Gasteiger partial charge >= 0.3 is 0 Å². The summed E-state index contributed by atoms with van der Waals surface area (Å²) < 4.78 is 18.0. The van der Waals surface area contributed by atoms with Crippen molar-refractivity contribution in [3.63, 3.8) is 0 Å². The van der Waals surface area contributed by atoms with Crippen molar-refractivity contribution in [3.8, 4) is 0 Å². The number of benzene rings is 1. The van der Waals surface area contributed by atoms with Gasteiger partial charge in [-0.25, -0.2) is 4.39 Å². The van der Waals surface area contributed by atoms with Crippen molar-refractivity contribution in [2.24, 2.45) is 0 Å². The third kappa shape index (κ3) is 4.02. The van der Waals surface area contributed by atoms with Gasteiger partial charge in [-0.1, -0.05) is 25.9 Å². The maximum atomic E-state index is 12.8. The van der Waals surface area contributed by atoms with Gasteiger partial charge in [0.25, 0.3) is 0 Å². The summed E-state index contributed by atoms with van der Waals surface area (Å²) in [5.74, 6) is 0.694. The molecule has 2 aromatic rings. The zero-order chi connectivity index (χ0) is 15.5. The van der Waals surface area contributed by atoms with Crippen LogP contribution in [0, 0.1) is 5.82 Å². The van der Waals surface area contributed by atoms with E-state index in [1.165, 1.54) is 36.5 Å². The summed E-state index contributed by atoms with van der Waals surface area (Å²) in [6, 6.07) is 7.17. The van der Waals surface area contributed by atoms with E-state index in [0.717, 1.165) is 5.76 Å². The molecule has 0 spiro atoms. The van der Waals surface area contributed by atoms with Crippen LogP contribution in [-0.2, 0) is 5.41 Å². The number of rotatable bonds is 4. The van der Waals surface area contributed by atoms with E-state index in [1.807, 2.05) is 20.8 Å². The zero-order valence-corrected chi connectivity index (χ0v) is 12.2. The average Bonchev–Trinajstić information content (AvgIpc) is 2.88. The first-order valence-electron chi connectivity index (χ1n) is 6.56. The molecule has 0 aliphatic rings. The number of ketones is 1. The van der Waals surface area contributed by atoms with Crippen molar-refractivity contribution in [2.75, 3.05) is 5.32 Å². The highest BCUT2D eigenvalue weighted by Gasteiger charge is 2.19. The maximum Gasteiger partial charge on any atom is 0.187 e. The molecule has 0 aliphatic carbocycles. The van der Waals surface area contributed by atoms with Crippen LogP contribution in [0.2, 0.25) is 0 Å². The minimum absolute atomic E-state index is 0.124. The van der Waals surface area contributed by atoms with Crippen LogP contribution in [0.3, 0.4) is 0 Å². The fourth-order valence-corrected chi connectivity index (χ4v) is 1.61. The van der Waals surface area contributed by atoms with Crippen LogP contribution in [0.15, 0.2) is 47.1 Å². The molecule has 0 aliphatic heterocycles. The fraction of sp³-hybridized carbons (Fsp3) is 0.250. The molecule has 2 rings (SSSR count). The van der Waals surface area contributed by atoms with Crippen LogP contribution < -0.4 is 5.32 Å². The van der Waals surface area contributed by atoms with Crippen LogP contribution in [0.4, 0.5) is 10.2 Å². The van der Waals surface area contributed by atoms with E-state index in [2.05, 4.69) is 10.5 Å². The lowest BCUT2D eigenvalue weighted by Crippen LogP contribution is -2.09. The van der Waals surface area contributed by atoms with Gasteiger partial charge in [-0.15, -0.1) is 0 Å². The Morgan fingerprint density at radius 2 is 1.95 bits per heavy atom. The Bertz CT molecular complexity index is 652. The molecule has 0 unspecified atom stereocenters. The highest BCUT2D eigenvalue weighted by atomic mass is 19.1. The zero-order valence-electron chi connectivity index (χ0n) is 12.2. The Morgan fingerprint density at radius 3 is 2.52 bits per heavy atom. The van der Waals surface area contributed by atoms with Crippen molar-refractivity contribution in [1.82, 2.24) is 5.16 Å². The van der Waals surface area contributed by atoms with Crippen molar-refractivity contribution in [3.05, 3.63) is 59.7 Å². The van der Waals surface area contributed by atoms with Crippen LogP contribution in [0.1, 0.15) is 36.9 Å². The van der Waals surface area contributed by atoms with Gasteiger partial charge in [0.05, 0.1) is 0 Å². The molecule has 4 nitrogen and oxygen atoms in total. The van der Waals surface area contributed by atoms with Crippen molar-refractivity contribution < 1.29 is 13.7 Å². The maximum absolute atomic E-state index is 12.8. The number of aromatic nitrogens is 1. The molecular weight excluding hydrogens is 271 g/mol. The fourth-order valence-electron chi connectivity index (χ4n) is 1.61. The third-order valence-electron chi connectivity index (χ3n) is 2.84. The first-order valence-corrected chi connectivity index (χ1v) is 6.56. The van der Waals surface area contributed by atoms with E-state index in [4.69, 9.17) is 4.52 Å². The molecule has 21 heavy (non-hydrogen) atoms. The van der Waals surface area contributed by atoms with Crippen LogP contribution in [0.25, 0.3) is 0 Å². The van der Waals surface area contributed by atoms with Gasteiger partial charge in [0.2, 0.25) is 0 Å². The monoisotopic (exact) mass is 288 g/mol. The normalized spacial score (nSPS) is 11.8. The summed E-state index contributed by atoms with van der Waals surface area (Å²) in [7, 11) is 0. The van der Waals surface area contributed by atoms with E-state index in [-0.39, 0.29) is 17.0 Å². The molecular formula is C16H17FN2O2. The largest absolute Gasteiger partial charge is 0.359 e. The number of carbonyl (C=O) groups is 1. The minimum Gasteiger partial charge on any atom is -0.359 e. The molecule has 0 fully saturated rings. The summed E-state index contributed by atoms with van der Waals surface area (Å²) in [6.45, 7) is 6.06. The lowest BCUT2D eigenvalue weighted by molar-refractivity contribution is 0.104. The molecule has 0 radical (unpaired) electrons. The number of nitrogens with one attached hydrogen (secondary N) is 1. The lowest BCUT2D eigenvalue weighted by Gasteiger charge is -2.11. The predicted molar refractivity (Wildman–Crippen MR) is 78.7 cm³/mol. The molecule has 1 aromatic heterocycles. The van der Waals surface area contributed by atoms with Crippen LogP contribution in [-0.4, -0.2) is 10.9 Å². The topological polar surface area (TPSA) is 55.1 Å². The molecule has 5 heteroatoms. The lowest BCUT2D eigenvalue weighted by atomic mass is 9.93. The second-order valence-electron chi connectivity index (χ2n) is 5.68. The molecule has 0 saturated heterocycles. The molecule has 0 amide bonds. The standard InChI is InChI=1S/C16H17FN2O2/c1-16(2,3)14-10-15(19-21-14)18-9-8-13(20)11-4-6-12(17)7-5-11/h4-10H,1-3H3,(H,18,19). The number of hydrogen-bond donors (Lipinski definition) is 1. The quantitative estimate of drug-likeness (QED) is 0.684. The minimum atomic E-state index is -0.369. The summed E-state index contributed by atoms with van der Waals surface area (Å²) in [4.78, 5) is 11.8. The number of anilines is 1. The molecule has 1 heterocycles. The Labute approximate surface area is 122 Å². The van der Waals surface area contributed by atoms with Gasteiger partial charge in [-0.3, -0.25) is 4.79 Å². The summed E-state index contributed by atoms with van der Waals surface area (Å²) in [5.41, 5.74) is 0.297. The first-order chi connectivity index (χ1) is 9.86. The van der Waals surface area contributed by atoms with Gasteiger partial charge in [-0.2, -0.15) is 0 Å². The Balaban J connectivity index is 1.97. The number of allylic oxidation sites excluding steroid dienone is 1. The molecule has 0 bridgehead atoms. The second-order valence-corrected chi connectivity index (χ2v) is 5.68. The van der Waals surface area contributed by atoms with Crippen molar-refractivity contribution in [2.45, 2.75) is 26.2 Å². The van der Waals surface area contributed by atoms with Gasteiger partial charge in [-0.05, 0) is 24.3 Å². The third-order valence-corrected chi connectivity index (χ3v) is 2.84. The molecule has 1 aromatic carbocycles. The van der Waals surface area contributed by atoms with Crippen molar-refractivity contribution in [1.29, 1.82) is 0 Å². The van der Waals surface area contributed by atoms with E-state index < -0.39 is 0 Å². The average molecular weight is 288 g/mol. The van der Waals surface area contributed by atoms with E-state index in [1.54, 1.807) is 6.07 Å². The van der Waals surface area contributed by atoms with E-state index in [0.29, 0.717) is 11.4 Å². The highest BCUT2D eigenvalue weighted by Crippen LogP contribution is 2.24. The summed E-state index contributed by atoms with van der Waals surface area (Å²) in [5, 5.41) is 6.73. The molecule has 1 N–H and O–H groups in total. The second kappa shape index (κ2) is 5.91. The first kappa shape index (κ1) is 15.0. The highest BCUT2D eigenvalue weighted by molar-refractivity contribution is 6.04. The SMILES string of the molecule is CC(C)(C)c1cc(NC=CC(=O)c2ccc(F)cc2)no1. The predicted octanol–water partition coefficient (Wildman–Crippen LogP) is 3.92. The Morgan fingerprint density at radius 1 is 1.29 bits per heavy atom. The van der Waals surface area contributed by atoms with E-state index in [9.17, 15) is 9.18 Å². The van der Waals surface area contributed by atoms with Crippen LogP contribution in [0.5, 0.6) is 0 Å². The smallest absolute Gasteiger partial charge is 0.187 e. The summed E-state index contributed by atoms with van der Waals surface area (Å²) >= 11 is 0. The number of carbonyl (C=O) groups excluding carboxylic acids is 1.